The topological polar surface area (TPSA) is 66.4 Å². The molecule has 0 unspecified atom stereocenters. The quantitative estimate of drug-likeness (QED) is 0.621. The normalized spacial score (nSPS) is 12.2. The summed E-state index contributed by atoms with van der Waals surface area (Å²) in [6.45, 7) is 7.98. The molecule has 0 aromatic heterocycles. The minimum absolute atomic E-state index is 0.00580. The second-order valence-corrected chi connectivity index (χ2v) is 4.39. The summed E-state index contributed by atoms with van der Waals surface area (Å²) in [7, 11) is 0. The van der Waals surface area contributed by atoms with E-state index in [0.29, 0.717) is 12.5 Å². The molecule has 1 atom stereocenters. The first-order valence-electron chi connectivity index (χ1n) is 5.55. The number of hydrogen-bond acceptors (Lipinski definition) is 2. The number of aliphatic carboxylic acids is 1. The van der Waals surface area contributed by atoms with Crippen molar-refractivity contribution in [3.05, 3.63) is 12.7 Å². The van der Waals surface area contributed by atoms with Gasteiger partial charge in [-0.3, -0.25) is 9.59 Å². The molecule has 92 valence electrons. The Kier molecular flexibility index (Phi) is 7.25. The van der Waals surface area contributed by atoms with E-state index < -0.39 is 5.97 Å². The maximum Gasteiger partial charge on any atom is 0.303 e. The lowest BCUT2D eigenvalue weighted by atomic mass is 9.94. The van der Waals surface area contributed by atoms with E-state index in [4.69, 9.17) is 5.11 Å². The van der Waals surface area contributed by atoms with E-state index >= 15 is 0 Å². The molecule has 4 heteroatoms. The molecule has 0 bridgehead atoms. The predicted molar refractivity (Wildman–Crippen MR) is 63.0 cm³/mol. The van der Waals surface area contributed by atoms with Crippen molar-refractivity contribution in [1.29, 1.82) is 0 Å². The number of carboxylic acids is 1. The fourth-order valence-electron chi connectivity index (χ4n) is 1.61. The summed E-state index contributed by atoms with van der Waals surface area (Å²) in [6, 6.07) is 0. The van der Waals surface area contributed by atoms with Gasteiger partial charge in [-0.25, -0.2) is 0 Å². The fourth-order valence-corrected chi connectivity index (χ4v) is 1.61. The molecular weight excluding hydrogens is 206 g/mol. The monoisotopic (exact) mass is 227 g/mol. The SMILES string of the molecule is C=CCC(=O)NC[C@H](CC(=O)O)CC(C)C. The number of nitrogens with one attached hydrogen (secondary N) is 1. The van der Waals surface area contributed by atoms with Crippen molar-refractivity contribution in [2.24, 2.45) is 11.8 Å². The number of amides is 1. The number of hydrogen-bond donors (Lipinski definition) is 2. The molecule has 0 fully saturated rings. The van der Waals surface area contributed by atoms with Gasteiger partial charge in [0.2, 0.25) is 5.91 Å². The zero-order valence-corrected chi connectivity index (χ0v) is 10.0. The Labute approximate surface area is 96.7 Å². The Morgan fingerprint density at radius 3 is 2.50 bits per heavy atom. The van der Waals surface area contributed by atoms with Crippen molar-refractivity contribution in [3.63, 3.8) is 0 Å². The van der Waals surface area contributed by atoms with Crippen molar-refractivity contribution in [3.8, 4) is 0 Å². The van der Waals surface area contributed by atoms with Crippen LogP contribution >= 0.6 is 0 Å². The molecule has 0 saturated carbocycles. The van der Waals surface area contributed by atoms with Crippen LogP contribution in [-0.2, 0) is 9.59 Å². The minimum atomic E-state index is -0.816. The van der Waals surface area contributed by atoms with Gasteiger partial charge >= 0.3 is 5.97 Å². The molecule has 0 radical (unpaired) electrons. The highest BCUT2D eigenvalue weighted by Gasteiger charge is 2.15. The van der Waals surface area contributed by atoms with Crippen LogP contribution in [0.2, 0.25) is 0 Å². The highest BCUT2D eigenvalue weighted by Crippen LogP contribution is 2.14. The van der Waals surface area contributed by atoms with Crippen molar-refractivity contribution in [1.82, 2.24) is 5.32 Å². The van der Waals surface area contributed by atoms with E-state index in [0.717, 1.165) is 6.42 Å². The zero-order valence-electron chi connectivity index (χ0n) is 10.0. The van der Waals surface area contributed by atoms with Crippen molar-refractivity contribution in [2.45, 2.75) is 33.1 Å². The first kappa shape index (κ1) is 14.7. The molecular formula is C12H21NO3. The van der Waals surface area contributed by atoms with Crippen LogP contribution < -0.4 is 5.32 Å². The van der Waals surface area contributed by atoms with Crippen molar-refractivity contribution in [2.75, 3.05) is 6.54 Å². The summed E-state index contributed by atoms with van der Waals surface area (Å²) >= 11 is 0. The highest BCUT2D eigenvalue weighted by molar-refractivity contribution is 5.77. The van der Waals surface area contributed by atoms with Gasteiger partial charge in [0.1, 0.15) is 0 Å². The van der Waals surface area contributed by atoms with Crippen LogP contribution in [-0.4, -0.2) is 23.5 Å². The lowest BCUT2D eigenvalue weighted by Crippen LogP contribution is -2.30. The van der Waals surface area contributed by atoms with Gasteiger partial charge in [-0.15, -0.1) is 6.58 Å². The Morgan fingerprint density at radius 1 is 1.44 bits per heavy atom. The van der Waals surface area contributed by atoms with Crippen LogP contribution in [0.1, 0.15) is 33.1 Å². The largest absolute Gasteiger partial charge is 0.481 e. The predicted octanol–water partition coefficient (Wildman–Crippen LogP) is 1.82. The Bertz CT molecular complexity index is 249. The van der Waals surface area contributed by atoms with Crippen LogP contribution in [0, 0.1) is 11.8 Å². The Balaban J connectivity index is 4.04. The Hall–Kier alpha value is -1.32. The minimum Gasteiger partial charge on any atom is -0.481 e. The molecule has 0 rings (SSSR count). The second-order valence-electron chi connectivity index (χ2n) is 4.39. The zero-order chi connectivity index (χ0) is 12.6. The van der Waals surface area contributed by atoms with E-state index in [-0.39, 0.29) is 24.7 Å². The Morgan fingerprint density at radius 2 is 2.06 bits per heavy atom. The summed E-state index contributed by atoms with van der Waals surface area (Å²) in [5.41, 5.74) is 0. The summed E-state index contributed by atoms with van der Waals surface area (Å²) in [6.07, 6.45) is 2.72. The molecule has 0 saturated heterocycles. The van der Waals surface area contributed by atoms with Crippen LogP contribution in [0.4, 0.5) is 0 Å². The molecule has 0 spiro atoms. The van der Waals surface area contributed by atoms with Gasteiger partial charge in [0.25, 0.3) is 0 Å². The average molecular weight is 227 g/mol. The molecule has 1 amide bonds. The maximum atomic E-state index is 11.2. The summed E-state index contributed by atoms with van der Waals surface area (Å²) in [5, 5.41) is 11.5. The summed E-state index contributed by atoms with van der Waals surface area (Å²) < 4.78 is 0. The van der Waals surface area contributed by atoms with Crippen LogP contribution in [0.15, 0.2) is 12.7 Å². The fraction of sp³-hybridized carbons (Fsp3) is 0.667. The van der Waals surface area contributed by atoms with E-state index in [1.807, 2.05) is 13.8 Å². The standard InChI is InChI=1S/C12H21NO3/c1-4-5-11(14)13-8-10(6-9(2)3)7-12(15)16/h4,9-10H,1,5-8H2,2-3H3,(H,13,14)(H,15,16)/t10-/m0/s1. The molecule has 0 heterocycles. The van der Waals surface area contributed by atoms with E-state index in [2.05, 4.69) is 11.9 Å². The van der Waals surface area contributed by atoms with Crippen molar-refractivity contribution >= 4 is 11.9 Å². The highest BCUT2D eigenvalue weighted by atomic mass is 16.4. The van der Waals surface area contributed by atoms with Gasteiger partial charge in [-0.1, -0.05) is 19.9 Å². The molecule has 0 aromatic rings. The van der Waals surface area contributed by atoms with Crippen LogP contribution in [0.3, 0.4) is 0 Å². The smallest absolute Gasteiger partial charge is 0.303 e. The van der Waals surface area contributed by atoms with Crippen molar-refractivity contribution < 1.29 is 14.7 Å². The van der Waals surface area contributed by atoms with Gasteiger partial charge in [-0.05, 0) is 18.3 Å². The van der Waals surface area contributed by atoms with E-state index in [1.165, 1.54) is 6.08 Å². The molecule has 0 aliphatic heterocycles. The van der Waals surface area contributed by atoms with Gasteiger partial charge in [0.15, 0.2) is 0 Å². The van der Waals surface area contributed by atoms with Gasteiger partial charge in [0.05, 0.1) is 0 Å². The third-order valence-electron chi connectivity index (χ3n) is 2.19. The molecule has 4 nitrogen and oxygen atoms in total. The number of rotatable bonds is 8. The molecule has 0 aromatic carbocycles. The van der Waals surface area contributed by atoms with E-state index in [1.54, 1.807) is 0 Å². The first-order valence-corrected chi connectivity index (χ1v) is 5.55. The van der Waals surface area contributed by atoms with E-state index in [9.17, 15) is 9.59 Å². The lowest BCUT2D eigenvalue weighted by molar-refractivity contribution is -0.138. The second kappa shape index (κ2) is 7.91. The molecule has 0 aliphatic rings. The van der Waals surface area contributed by atoms with Crippen LogP contribution in [0.25, 0.3) is 0 Å². The first-order chi connectivity index (χ1) is 7.45. The molecule has 2 N–H and O–H groups in total. The van der Waals surface area contributed by atoms with Gasteiger partial charge < -0.3 is 10.4 Å². The van der Waals surface area contributed by atoms with Gasteiger partial charge in [-0.2, -0.15) is 0 Å². The third-order valence-corrected chi connectivity index (χ3v) is 2.19. The van der Waals surface area contributed by atoms with Crippen LogP contribution in [0.5, 0.6) is 0 Å². The summed E-state index contributed by atoms with van der Waals surface area (Å²) in [4.78, 5) is 21.8. The molecule has 0 aliphatic carbocycles. The van der Waals surface area contributed by atoms with Gasteiger partial charge in [0, 0.05) is 19.4 Å². The summed E-state index contributed by atoms with van der Waals surface area (Å²) in [5.74, 6) is -0.482. The number of carboxylic acid groups (broad SMARTS) is 1. The number of carbonyl (C=O) groups excluding carboxylic acids is 1. The molecule has 16 heavy (non-hydrogen) atoms. The third kappa shape index (κ3) is 8.03. The average Bonchev–Trinajstić information content (AvgIpc) is 2.13. The maximum absolute atomic E-state index is 11.2. The lowest BCUT2D eigenvalue weighted by Gasteiger charge is -2.17. The number of carbonyl (C=O) groups is 2.